The van der Waals surface area contributed by atoms with E-state index < -0.39 is 23.0 Å². The standard InChI is InChI=1S/C20H27N3O5/c1-19(2,3)28-18(27)22-11-9-21(10-12-22)15(24)13-23-16(25)14-7-5-6-8-20(14,4)17(23)26/h5-7H,8-13H2,1-4H3. The summed E-state index contributed by atoms with van der Waals surface area (Å²) >= 11 is 0. The van der Waals surface area contributed by atoms with Crippen molar-refractivity contribution in [3.05, 3.63) is 23.8 Å². The average molecular weight is 389 g/mol. The minimum absolute atomic E-state index is 0.267. The topological polar surface area (TPSA) is 87.2 Å². The fourth-order valence-corrected chi connectivity index (χ4v) is 3.65. The number of rotatable bonds is 2. The second-order valence-electron chi connectivity index (χ2n) is 8.59. The summed E-state index contributed by atoms with van der Waals surface area (Å²) in [7, 11) is 0. The number of ether oxygens (including phenoxy) is 1. The van der Waals surface area contributed by atoms with Gasteiger partial charge in [-0.25, -0.2) is 4.79 Å². The van der Waals surface area contributed by atoms with Crippen molar-refractivity contribution in [2.75, 3.05) is 32.7 Å². The normalized spacial score (nSPS) is 25.0. The van der Waals surface area contributed by atoms with Crippen LogP contribution in [0, 0.1) is 5.41 Å². The molecule has 1 atom stereocenters. The minimum Gasteiger partial charge on any atom is -0.444 e. The van der Waals surface area contributed by atoms with Gasteiger partial charge in [0.25, 0.3) is 5.91 Å². The molecule has 0 bridgehead atoms. The van der Waals surface area contributed by atoms with Crippen molar-refractivity contribution >= 4 is 23.8 Å². The summed E-state index contributed by atoms with van der Waals surface area (Å²) < 4.78 is 5.35. The van der Waals surface area contributed by atoms with Gasteiger partial charge < -0.3 is 14.5 Å². The first-order valence-electron chi connectivity index (χ1n) is 9.52. The van der Waals surface area contributed by atoms with Crippen LogP contribution in [-0.4, -0.2) is 76.8 Å². The maximum absolute atomic E-state index is 12.8. The molecule has 1 unspecified atom stereocenters. The van der Waals surface area contributed by atoms with E-state index in [4.69, 9.17) is 4.74 Å². The molecule has 3 rings (SSSR count). The summed E-state index contributed by atoms with van der Waals surface area (Å²) in [5.74, 6) is -1.01. The third-order valence-corrected chi connectivity index (χ3v) is 5.29. The summed E-state index contributed by atoms with van der Waals surface area (Å²) in [6.45, 7) is 8.29. The van der Waals surface area contributed by atoms with Crippen LogP contribution in [0.5, 0.6) is 0 Å². The molecule has 2 saturated heterocycles. The van der Waals surface area contributed by atoms with Crippen LogP contribution < -0.4 is 0 Å². The Labute approximate surface area is 164 Å². The van der Waals surface area contributed by atoms with Crippen molar-refractivity contribution in [3.8, 4) is 0 Å². The number of likely N-dealkylation sites (tertiary alicyclic amines) is 1. The van der Waals surface area contributed by atoms with Crippen molar-refractivity contribution < 1.29 is 23.9 Å². The maximum atomic E-state index is 12.8. The van der Waals surface area contributed by atoms with Gasteiger partial charge in [0.1, 0.15) is 12.1 Å². The molecule has 0 aromatic rings. The molecule has 8 nitrogen and oxygen atoms in total. The van der Waals surface area contributed by atoms with Crippen molar-refractivity contribution in [3.63, 3.8) is 0 Å². The zero-order chi connectivity index (χ0) is 20.7. The molecule has 28 heavy (non-hydrogen) atoms. The lowest BCUT2D eigenvalue weighted by Gasteiger charge is -2.36. The maximum Gasteiger partial charge on any atom is 0.410 e. The van der Waals surface area contributed by atoms with Crippen LogP contribution in [0.3, 0.4) is 0 Å². The second kappa shape index (κ2) is 7.07. The quantitative estimate of drug-likeness (QED) is 0.665. The smallest absolute Gasteiger partial charge is 0.410 e. The Morgan fingerprint density at radius 1 is 1.11 bits per heavy atom. The van der Waals surface area contributed by atoms with Gasteiger partial charge in [-0.3, -0.25) is 19.3 Å². The molecular weight excluding hydrogens is 362 g/mol. The van der Waals surface area contributed by atoms with Crippen LogP contribution in [-0.2, 0) is 19.1 Å². The molecule has 4 amide bonds. The van der Waals surface area contributed by atoms with Gasteiger partial charge in [0.15, 0.2) is 0 Å². The van der Waals surface area contributed by atoms with E-state index in [1.165, 1.54) is 0 Å². The predicted molar refractivity (Wildman–Crippen MR) is 101 cm³/mol. The van der Waals surface area contributed by atoms with Gasteiger partial charge >= 0.3 is 6.09 Å². The Bertz CT molecular complexity index is 771. The van der Waals surface area contributed by atoms with Crippen LogP contribution >= 0.6 is 0 Å². The molecule has 152 valence electrons. The van der Waals surface area contributed by atoms with E-state index in [-0.39, 0.29) is 18.4 Å². The van der Waals surface area contributed by atoms with Crippen LogP contribution in [0.4, 0.5) is 4.79 Å². The Balaban J connectivity index is 1.58. The van der Waals surface area contributed by atoms with E-state index in [1.807, 2.05) is 6.08 Å². The van der Waals surface area contributed by atoms with Gasteiger partial charge in [-0.15, -0.1) is 0 Å². The van der Waals surface area contributed by atoms with Crippen LogP contribution in [0.2, 0.25) is 0 Å². The van der Waals surface area contributed by atoms with Crippen molar-refractivity contribution in [2.24, 2.45) is 5.41 Å². The lowest BCUT2D eigenvalue weighted by atomic mass is 9.78. The third kappa shape index (κ3) is 3.68. The van der Waals surface area contributed by atoms with E-state index >= 15 is 0 Å². The highest BCUT2D eigenvalue weighted by Gasteiger charge is 2.52. The molecule has 0 N–H and O–H groups in total. The molecule has 0 aromatic heterocycles. The fraction of sp³-hybridized carbons (Fsp3) is 0.600. The predicted octanol–water partition coefficient (Wildman–Crippen LogP) is 1.33. The second-order valence-corrected chi connectivity index (χ2v) is 8.59. The van der Waals surface area contributed by atoms with Crippen molar-refractivity contribution in [1.29, 1.82) is 0 Å². The largest absolute Gasteiger partial charge is 0.444 e. The van der Waals surface area contributed by atoms with E-state index in [0.29, 0.717) is 38.2 Å². The molecule has 0 spiro atoms. The molecular formula is C20H27N3O5. The summed E-state index contributed by atoms with van der Waals surface area (Å²) in [5.41, 5.74) is -0.999. The highest BCUT2D eigenvalue weighted by Crippen LogP contribution is 2.42. The zero-order valence-electron chi connectivity index (χ0n) is 16.9. The number of fused-ring (bicyclic) bond motifs is 1. The van der Waals surface area contributed by atoms with Crippen molar-refractivity contribution in [1.82, 2.24) is 14.7 Å². The van der Waals surface area contributed by atoms with Crippen LogP contribution in [0.15, 0.2) is 23.8 Å². The Hall–Kier alpha value is -2.64. The summed E-state index contributed by atoms with van der Waals surface area (Å²) in [6.07, 6.45) is 5.34. The number of imide groups is 1. The highest BCUT2D eigenvalue weighted by molar-refractivity contribution is 6.18. The Morgan fingerprint density at radius 3 is 2.29 bits per heavy atom. The van der Waals surface area contributed by atoms with Gasteiger partial charge in [0, 0.05) is 31.8 Å². The molecule has 3 aliphatic rings. The zero-order valence-corrected chi connectivity index (χ0v) is 16.9. The van der Waals surface area contributed by atoms with Crippen LogP contribution in [0.1, 0.15) is 34.1 Å². The van der Waals surface area contributed by atoms with Gasteiger partial charge in [-0.2, -0.15) is 0 Å². The Kier molecular flexibility index (Phi) is 5.08. The SMILES string of the molecule is CC(C)(C)OC(=O)N1CCN(C(=O)CN2C(=O)C3=CC=CCC3(C)C2=O)CC1. The first-order chi connectivity index (χ1) is 13.0. The summed E-state index contributed by atoms with van der Waals surface area (Å²) in [5, 5.41) is 0. The highest BCUT2D eigenvalue weighted by atomic mass is 16.6. The van der Waals surface area contributed by atoms with E-state index in [9.17, 15) is 19.2 Å². The van der Waals surface area contributed by atoms with Crippen molar-refractivity contribution in [2.45, 2.75) is 39.7 Å². The number of hydrogen-bond donors (Lipinski definition) is 0. The number of carbonyl (C=O) groups is 4. The van der Waals surface area contributed by atoms with E-state index in [1.54, 1.807) is 49.6 Å². The molecule has 8 heteroatoms. The lowest BCUT2D eigenvalue weighted by molar-refractivity contribution is -0.147. The fourth-order valence-electron chi connectivity index (χ4n) is 3.65. The molecule has 0 aromatic carbocycles. The Morgan fingerprint density at radius 2 is 1.71 bits per heavy atom. The molecule has 2 fully saturated rings. The molecule has 1 aliphatic carbocycles. The van der Waals surface area contributed by atoms with Crippen LogP contribution in [0.25, 0.3) is 0 Å². The lowest BCUT2D eigenvalue weighted by Crippen LogP contribution is -2.54. The molecule has 0 radical (unpaired) electrons. The molecule has 2 aliphatic heterocycles. The number of allylic oxidation sites excluding steroid dienone is 3. The number of amides is 4. The average Bonchev–Trinajstić information content (AvgIpc) is 2.81. The molecule has 2 heterocycles. The number of carbonyl (C=O) groups excluding carboxylic acids is 4. The van der Waals surface area contributed by atoms with Gasteiger partial charge in [-0.1, -0.05) is 18.2 Å². The number of nitrogens with zero attached hydrogens (tertiary/aromatic N) is 3. The number of piperazine rings is 1. The van der Waals surface area contributed by atoms with E-state index in [0.717, 1.165) is 4.90 Å². The summed E-state index contributed by atoms with van der Waals surface area (Å²) in [6, 6.07) is 0. The minimum atomic E-state index is -0.873. The summed E-state index contributed by atoms with van der Waals surface area (Å²) in [4.78, 5) is 54.4. The van der Waals surface area contributed by atoms with Gasteiger partial charge in [0.2, 0.25) is 11.8 Å². The monoisotopic (exact) mass is 389 g/mol. The van der Waals surface area contributed by atoms with Gasteiger partial charge in [0.05, 0.1) is 5.41 Å². The first-order valence-corrected chi connectivity index (χ1v) is 9.52. The number of hydrogen-bond acceptors (Lipinski definition) is 5. The first kappa shape index (κ1) is 20.1. The third-order valence-electron chi connectivity index (χ3n) is 5.29. The van der Waals surface area contributed by atoms with E-state index in [2.05, 4.69) is 0 Å². The molecule has 0 saturated carbocycles. The van der Waals surface area contributed by atoms with Gasteiger partial charge in [-0.05, 0) is 34.1 Å².